The Bertz CT molecular complexity index is 2340. The van der Waals surface area contributed by atoms with Crippen LogP contribution in [0.15, 0.2) is 79.3 Å². The standard InChI is InChI=1S/C20H14N3S.C19H26NSi.Ir/c1-12-6-7-13-14-4-3-5-15(19(14)24-18(13)10-12)20-22-16-8-9-21-11-17(16)23(20)2;1-14(2)11-17-12-18(16-9-7-15(3)8-10-16)20-13-19(17)21(4,5)6;/h3-4,6-11H,1-2H3;7-9,12-14H,11H2,1-6H3;/q2*-1;/i;3D3,11D2;. The number of pyridine rings is 2. The van der Waals surface area contributed by atoms with Crippen molar-refractivity contribution in [3.05, 3.63) is 108 Å². The minimum absolute atomic E-state index is 0. The van der Waals surface area contributed by atoms with E-state index >= 15 is 0 Å². The van der Waals surface area contributed by atoms with E-state index in [9.17, 15) is 0 Å². The van der Waals surface area contributed by atoms with Gasteiger partial charge in [-0.05, 0) is 57.9 Å². The van der Waals surface area contributed by atoms with Crippen LogP contribution in [0.25, 0.3) is 53.9 Å². The summed E-state index contributed by atoms with van der Waals surface area (Å²) < 4.78 is 44.2. The molecule has 4 heterocycles. The van der Waals surface area contributed by atoms with Crippen LogP contribution in [0, 0.1) is 31.8 Å². The molecule has 0 fully saturated rings. The summed E-state index contributed by atoms with van der Waals surface area (Å²) >= 11 is 1.82. The molecule has 1 radical (unpaired) electrons. The van der Waals surface area contributed by atoms with E-state index in [0.29, 0.717) is 16.8 Å². The first-order valence-corrected chi connectivity index (χ1v) is 19.4. The molecule has 0 aliphatic carbocycles. The smallest absolute Gasteiger partial charge is 0.0801 e. The van der Waals surface area contributed by atoms with Crippen molar-refractivity contribution in [3.63, 3.8) is 0 Å². The van der Waals surface area contributed by atoms with Crippen molar-refractivity contribution in [1.82, 2.24) is 19.5 Å². The summed E-state index contributed by atoms with van der Waals surface area (Å²) in [6.45, 7) is 10.3. The minimum Gasteiger partial charge on any atom is -0.366 e. The van der Waals surface area contributed by atoms with Crippen LogP contribution in [0.5, 0.6) is 0 Å². The van der Waals surface area contributed by atoms with E-state index in [1.165, 1.54) is 31.8 Å². The molecule has 0 saturated carbocycles. The molecule has 0 bridgehead atoms. The Balaban J connectivity index is 0.000000194. The zero-order valence-electron chi connectivity index (χ0n) is 32.1. The van der Waals surface area contributed by atoms with E-state index in [1.54, 1.807) is 24.5 Å². The van der Waals surface area contributed by atoms with Crippen LogP contribution in [0.3, 0.4) is 0 Å². The van der Waals surface area contributed by atoms with Gasteiger partial charge in [0.15, 0.2) is 0 Å². The second-order valence-electron chi connectivity index (χ2n) is 12.7. The van der Waals surface area contributed by atoms with Gasteiger partial charge in [-0.15, -0.1) is 53.6 Å². The van der Waals surface area contributed by atoms with Gasteiger partial charge in [-0.3, -0.25) is 9.97 Å². The molecule has 7 heteroatoms. The second-order valence-corrected chi connectivity index (χ2v) is 18.8. The number of imidazole rings is 1. The van der Waals surface area contributed by atoms with Gasteiger partial charge in [-0.2, -0.15) is 11.3 Å². The molecule has 0 aliphatic rings. The average Bonchev–Trinajstić information content (AvgIpc) is 3.60. The van der Waals surface area contributed by atoms with Gasteiger partial charge in [0.05, 0.1) is 31.1 Å². The van der Waals surface area contributed by atoms with Crippen LogP contribution in [-0.2, 0) is 33.5 Å². The molecular weight excluding hydrogens is 777 g/mol. The molecule has 0 amide bonds. The van der Waals surface area contributed by atoms with E-state index in [1.807, 2.05) is 56.6 Å². The van der Waals surface area contributed by atoms with Crippen LogP contribution in [-0.4, -0.2) is 27.6 Å². The third-order valence-electron chi connectivity index (χ3n) is 7.74. The maximum absolute atomic E-state index is 8.59. The fourth-order valence-electron chi connectivity index (χ4n) is 5.49. The van der Waals surface area contributed by atoms with Gasteiger partial charge in [-0.1, -0.05) is 75.1 Å². The molecule has 7 rings (SSSR count). The van der Waals surface area contributed by atoms with Crippen LogP contribution < -0.4 is 5.19 Å². The van der Waals surface area contributed by atoms with Crippen LogP contribution >= 0.6 is 11.3 Å². The number of hydrogen-bond donors (Lipinski definition) is 0. The van der Waals surface area contributed by atoms with E-state index in [-0.39, 0.29) is 31.6 Å². The first-order valence-electron chi connectivity index (χ1n) is 17.6. The van der Waals surface area contributed by atoms with Gasteiger partial charge in [0, 0.05) is 51.1 Å². The van der Waals surface area contributed by atoms with Gasteiger partial charge in [0.1, 0.15) is 0 Å². The zero-order valence-corrected chi connectivity index (χ0v) is 31.3. The van der Waals surface area contributed by atoms with Gasteiger partial charge in [0.25, 0.3) is 0 Å². The quantitative estimate of drug-likeness (QED) is 0.128. The van der Waals surface area contributed by atoms with Gasteiger partial charge >= 0.3 is 0 Å². The summed E-state index contributed by atoms with van der Waals surface area (Å²) in [4.78, 5) is 13.6. The number of aromatic nitrogens is 4. The van der Waals surface area contributed by atoms with Gasteiger partial charge in [0.2, 0.25) is 0 Å². The normalized spacial score (nSPS) is 13.8. The fourth-order valence-corrected chi connectivity index (χ4v) is 8.19. The molecular formula is C39H40IrN4SSi-2. The first kappa shape index (κ1) is 27.6. The Hall–Kier alpha value is -3.48. The molecule has 0 saturated heterocycles. The van der Waals surface area contributed by atoms with Crippen molar-refractivity contribution in [1.29, 1.82) is 0 Å². The molecule has 3 aromatic carbocycles. The monoisotopic (exact) mass is 822 g/mol. The Morgan fingerprint density at radius 2 is 1.80 bits per heavy atom. The Kier molecular flexibility index (Phi) is 8.23. The van der Waals surface area contributed by atoms with Crippen molar-refractivity contribution >= 4 is 55.8 Å². The second kappa shape index (κ2) is 13.7. The topological polar surface area (TPSA) is 43.6 Å². The van der Waals surface area contributed by atoms with Gasteiger partial charge < -0.3 is 9.55 Å². The molecule has 46 heavy (non-hydrogen) atoms. The molecule has 7 aromatic rings. The summed E-state index contributed by atoms with van der Waals surface area (Å²) in [5, 5.41) is 3.59. The SMILES string of the molecule is Cc1ccc2c(c1)sc1c(-c3nc4ccncc4n3C)[c-]ccc12.[2H]C([2H])([2H])c1c[c-]c(-c2cc(C([2H])([2H])C(C)C)c([Si](C)(C)C)cn2)cc1.[Ir]. The molecule has 0 N–H and O–H groups in total. The van der Waals surface area contributed by atoms with Crippen molar-refractivity contribution in [3.8, 4) is 22.6 Å². The Morgan fingerprint density at radius 1 is 1.00 bits per heavy atom. The summed E-state index contributed by atoms with van der Waals surface area (Å²) in [5.41, 5.74) is 6.55. The molecule has 0 unspecified atom stereocenters. The maximum atomic E-state index is 8.59. The Morgan fingerprint density at radius 3 is 2.50 bits per heavy atom. The number of nitrogens with zero attached hydrogens (tertiary/aromatic N) is 4. The zero-order chi connectivity index (χ0) is 36.2. The molecule has 4 nitrogen and oxygen atoms in total. The van der Waals surface area contributed by atoms with E-state index < -0.39 is 21.3 Å². The number of benzene rings is 3. The van der Waals surface area contributed by atoms with Crippen LogP contribution in [0.1, 0.15) is 37.4 Å². The third-order valence-corrected chi connectivity index (χ3v) is 10.9. The van der Waals surface area contributed by atoms with E-state index in [2.05, 4.69) is 77.5 Å². The molecule has 4 aromatic heterocycles. The third kappa shape index (κ3) is 6.93. The van der Waals surface area contributed by atoms with E-state index in [4.69, 9.17) is 11.8 Å². The summed E-state index contributed by atoms with van der Waals surface area (Å²) in [6, 6.07) is 25.7. The number of rotatable bonds is 5. The molecule has 0 aliphatic heterocycles. The summed E-state index contributed by atoms with van der Waals surface area (Å²) in [7, 11) is 0.260. The van der Waals surface area contributed by atoms with Crippen LogP contribution in [0.2, 0.25) is 19.6 Å². The first-order chi connectivity index (χ1) is 23.5. The van der Waals surface area contributed by atoms with Crippen molar-refractivity contribution in [2.24, 2.45) is 13.0 Å². The number of hydrogen-bond acceptors (Lipinski definition) is 4. The number of thiophene rings is 1. The predicted octanol–water partition coefficient (Wildman–Crippen LogP) is 9.71. The van der Waals surface area contributed by atoms with Crippen molar-refractivity contribution < 1.29 is 27.0 Å². The molecule has 237 valence electrons. The van der Waals surface area contributed by atoms with E-state index in [0.717, 1.165) is 27.6 Å². The summed E-state index contributed by atoms with van der Waals surface area (Å²) in [6.07, 6.45) is 3.97. The van der Waals surface area contributed by atoms with Crippen molar-refractivity contribution in [2.75, 3.05) is 0 Å². The maximum Gasteiger partial charge on any atom is 0.0801 e. The number of fused-ring (bicyclic) bond motifs is 4. The largest absolute Gasteiger partial charge is 0.366 e. The van der Waals surface area contributed by atoms with Crippen LogP contribution in [0.4, 0.5) is 0 Å². The fraction of sp³-hybridized carbons (Fsp3) is 0.256. The minimum atomic E-state index is -2.16. The average molecular weight is 822 g/mol. The Labute approximate surface area is 298 Å². The number of aryl methyl sites for hydroxylation is 3. The predicted molar refractivity (Wildman–Crippen MR) is 195 cm³/mol. The van der Waals surface area contributed by atoms with Gasteiger partial charge in [-0.25, -0.2) is 0 Å². The summed E-state index contributed by atoms with van der Waals surface area (Å²) in [5.74, 6) is 0.765. The molecule has 0 atom stereocenters. The van der Waals surface area contributed by atoms with Crippen molar-refractivity contribution in [2.45, 2.75) is 53.6 Å². The molecule has 0 spiro atoms.